The van der Waals surface area contributed by atoms with Crippen molar-refractivity contribution in [3.05, 3.63) is 44.4 Å². The van der Waals surface area contributed by atoms with Crippen molar-refractivity contribution >= 4 is 27.0 Å². The molecule has 0 saturated heterocycles. The van der Waals surface area contributed by atoms with Crippen LogP contribution in [0.4, 0.5) is 5.69 Å². The Morgan fingerprint density at radius 3 is 2.73 bits per heavy atom. The van der Waals surface area contributed by atoms with E-state index < -0.39 is 25.5 Å². The van der Waals surface area contributed by atoms with Crippen LogP contribution in [0.1, 0.15) is 9.88 Å². The maximum absolute atomic E-state index is 12.3. The number of ether oxygens (including phenoxy) is 1. The third-order valence-corrected chi connectivity index (χ3v) is 5.12. The number of rotatable bonds is 6. The van der Waals surface area contributed by atoms with Gasteiger partial charge in [0.05, 0.1) is 23.1 Å². The lowest BCUT2D eigenvalue weighted by Gasteiger charge is -2.07. The van der Waals surface area contributed by atoms with Gasteiger partial charge in [-0.15, -0.1) is 11.3 Å². The fraction of sp³-hybridized carbons (Fsp3) is 0.250. The lowest BCUT2D eigenvalue weighted by atomic mass is 10.3. The zero-order valence-corrected chi connectivity index (χ0v) is 13.4. The van der Waals surface area contributed by atoms with Crippen LogP contribution in [0.25, 0.3) is 0 Å². The van der Waals surface area contributed by atoms with Crippen LogP contribution in [0.2, 0.25) is 0 Å². The van der Waals surface area contributed by atoms with Crippen LogP contribution in [-0.4, -0.2) is 25.4 Å². The summed E-state index contributed by atoms with van der Waals surface area (Å²) < 4.78 is 31.7. The largest absolute Gasteiger partial charge is 0.497 e. The summed E-state index contributed by atoms with van der Waals surface area (Å²) in [6.07, 6.45) is 1.56. The molecule has 0 atom stereocenters. The lowest BCUT2D eigenvalue weighted by Crippen LogP contribution is -2.23. The topological polar surface area (TPSA) is 111 Å². The first-order valence-electron chi connectivity index (χ1n) is 6.07. The minimum Gasteiger partial charge on any atom is -0.497 e. The Morgan fingerprint density at radius 2 is 2.18 bits per heavy atom. The van der Waals surface area contributed by atoms with E-state index in [9.17, 15) is 18.5 Å². The average molecular weight is 343 g/mol. The molecular weight excluding hydrogens is 330 g/mol. The molecule has 1 aromatic heterocycles. The van der Waals surface area contributed by atoms with E-state index in [-0.39, 0.29) is 12.3 Å². The number of aryl methyl sites for hydroxylation is 1. The molecule has 118 valence electrons. The van der Waals surface area contributed by atoms with E-state index >= 15 is 0 Å². The van der Waals surface area contributed by atoms with E-state index in [1.807, 2.05) is 0 Å². The molecule has 1 aromatic carbocycles. The van der Waals surface area contributed by atoms with Crippen molar-refractivity contribution in [1.82, 2.24) is 9.71 Å². The quantitative estimate of drug-likeness (QED) is 0.633. The number of nitro benzene ring substituents is 1. The van der Waals surface area contributed by atoms with Crippen molar-refractivity contribution in [2.24, 2.45) is 0 Å². The Kier molecular flexibility index (Phi) is 4.74. The van der Waals surface area contributed by atoms with E-state index in [0.717, 1.165) is 22.0 Å². The highest BCUT2D eigenvalue weighted by molar-refractivity contribution is 7.89. The van der Waals surface area contributed by atoms with E-state index in [2.05, 4.69) is 9.71 Å². The molecule has 0 fully saturated rings. The Balaban J connectivity index is 2.30. The van der Waals surface area contributed by atoms with Crippen LogP contribution < -0.4 is 9.46 Å². The highest BCUT2D eigenvalue weighted by Crippen LogP contribution is 2.28. The maximum atomic E-state index is 12.3. The zero-order chi connectivity index (χ0) is 16.3. The minimum absolute atomic E-state index is 0.0248. The van der Waals surface area contributed by atoms with Crippen LogP contribution in [0, 0.1) is 17.0 Å². The van der Waals surface area contributed by atoms with Crippen LogP contribution >= 0.6 is 11.3 Å². The number of hydrogen-bond donors (Lipinski definition) is 1. The Bertz CT molecular complexity index is 801. The number of benzene rings is 1. The van der Waals surface area contributed by atoms with Gasteiger partial charge >= 0.3 is 0 Å². The first-order valence-corrected chi connectivity index (χ1v) is 8.37. The van der Waals surface area contributed by atoms with E-state index in [1.54, 1.807) is 13.1 Å². The first kappa shape index (κ1) is 16.3. The Labute approximate surface area is 131 Å². The van der Waals surface area contributed by atoms with Gasteiger partial charge in [-0.05, 0) is 19.1 Å². The molecule has 0 aliphatic heterocycles. The van der Waals surface area contributed by atoms with Crippen molar-refractivity contribution in [1.29, 1.82) is 0 Å². The van der Waals surface area contributed by atoms with Gasteiger partial charge in [0, 0.05) is 17.6 Å². The van der Waals surface area contributed by atoms with Gasteiger partial charge in [-0.2, -0.15) is 0 Å². The van der Waals surface area contributed by atoms with Crippen molar-refractivity contribution < 1.29 is 18.1 Å². The number of nitrogens with one attached hydrogen (secondary N) is 1. The summed E-state index contributed by atoms with van der Waals surface area (Å²) >= 11 is 1.35. The number of sulfonamides is 1. The van der Waals surface area contributed by atoms with Crippen LogP contribution in [0.5, 0.6) is 5.75 Å². The standard InChI is InChI=1S/C12H13N3O5S2/c1-8-13-6-10(21-8)7-14-22(18,19)12-4-3-9(20-2)5-11(12)15(16)17/h3-6,14H,7H2,1-2H3. The van der Waals surface area contributed by atoms with Gasteiger partial charge in [0.15, 0.2) is 4.90 Å². The third-order valence-electron chi connectivity index (χ3n) is 2.76. The number of nitrogens with zero attached hydrogens (tertiary/aromatic N) is 2. The molecule has 0 unspecified atom stereocenters. The second-order valence-corrected chi connectivity index (χ2v) is 7.32. The smallest absolute Gasteiger partial charge is 0.293 e. The molecule has 10 heteroatoms. The summed E-state index contributed by atoms with van der Waals surface area (Å²) in [6.45, 7) is 1.83. The van der Waals surface area contributed by atoms with Crippen LogP contribution in [0.3, 0.4) is 0 Å². The average Bonchev–Trinajstić information content (AvgIpc) is 2.90. The fourth-order valence-electron chi connectivity index (χ4n) is 1.73. The van der Waals surface area contributed by atoms with Crippen molar-refractivity contribution in [2.75, 3.05) is 7.11 Å². The molecule has 2 rings (SSSR count). The maximum Gasteiger partial charge on any atom is 0.293 e. The van der Waals surface area contributed by atoms with Crippen molar-refractivity contribution in [2.45, 2.75) is 18.4 Å². The molecule has 2 aromatic rings. The Morgan fingerprint density at radius 1 is 1.45 bits per heavy atom. The molecule has 1 N–H and O–H groups in total. The number of aromatic nitrogens is 1. The predicted molar refractivity (Wildman–Crippen MR) is 80.5 cm³/mol. The molecule has 0 saturated carbocycles. The van der Waals surface area contributed by atoms with Crippen molar-refractivity contribution in [3.63, 3.8) is 0 Å². The summed E-state index contributed by atoms with van der Waals surface area (Å²) in [5.74, 6) is 0.212. The SMILES string of the molecule is COc1ccc(S(=O)(=O)NCc2cnc(C)s2)c([N+](=O)[O-])c1. The molecule has 8 nitrogen and oxygen atoms in total. The van der Waals surface area contributed by atoms with Gasteiger partial charge in [-0.25, -0.2) is 18.1 Å². The summed E-state index contributed by atoms with van der Waals surface area (Å²) in [7, 11) is -2.67. The second kappa shape index (κ2) is 6.38. The molecular formula is C12H13N3O5S2. The monoisotopic (exact) mass is 343 g/mol. The fourth-order valence-corrected chi connectivity index (χ4v) is 3.71. The van der Waals surface area contributed by atoms with Gasteiger partial charge in [0.25, 0.3) is 5.69 Å². The molecule has 22 heavy (non-hydrogen) atoms. The van der Waals surface area contributed by atoms with E-state index in [0.29, 0.717) is 0 Å². The molecule has 0 spiro atoms. The first-order chi connectivity index (χ1) is 10.3. The summed E-state index contributed by atoms with van der Waals surface area (Å²) in [5, 5.41) is 11.9. The van der Waals surface area contributed by atoms with Crippen LogP contribution in [-0.2, 0) is 16.6 Å². The molecule has 0 aliphatic rings. The summed E-state index contributed by atoms with van der Waals surface area (Å²) in [5.41, 5.74) is -0.535. The van der Waals surface area contributed by atoms with E-state index in [4.69, 9.17) is 4.74 Å². The molecule has 0 aliphatic carbocycles. The summed E-state index contributed by atoms with van der Waals surface area (Å²) in [4.78, 5) is 14.6. The zero-order valence-electron chi connectivity index (χ0n) is 11.8. The predicted octanol–water partition coefficient (Wildman–Crippen LogP) is 1.85. The van der Waals surface area contributed by atoms with Gasteiger partial charge in [-0.3, -0.25) is 10.1 Å². The van der Waals surface area contributed by atoms with Gasteiger partial charge < -0.3 is 4.74 Å². The van der Waals surface area contributed by atoms with Gasteiger partial charge in [0.2, 0.25) is 10.0 Å². The highest BCUT2D eigenvalue weighted by Gasteiger charge is 2.26. The minimum atomic E-state index is -4.02. The van der Waals surface area contributed by atoms with Crippen LogP contribution in [0.15, 0.2) is 29.3 Å². The van der Waals surface area contributed by atoms with Crippen molar-refractivity contribution in [3.8, 4) is 5.75 Å². The van der Waals surface area contributed by atoms with Gasteiger partial charge in [0.1, 0.15) is 5.75 Å². The van der Waals surface area contributed by atoms with Gasteiger partial charge in [-0.1, -0.05) is 0 Å². The number of thiazole rings is 1. The second-order valence-electron chi connectivity index (χ2n) is 4.26. The number of hydrogen-bond acceptors (Lipinski definition) is 7. The number of methoxy groups -OCH3 is 1. The lowest BCUT2D eigenvalue weighted by molar-refractivity contribution is -0.387. The van der Waals surface area contributed by atoms with E-state index in [1.165, 1.54) is 24.5 Å². The molecule has 0 bridgehead atoms. The third kappa shape index (κ3) is 3.59. The normalized spacial score (nSPS) is 11.4. The summed E-state index contributed by atoms with van der Waals surface area (Å²) in [6, 6.07) is 3.58. The molecule has 0 amide bonds. The molecule has 0 radical (unpaired) electrons. The molecule has 1 heterocycles. The number of nitro groups is 1. The Hall–Kier alpha value is -2.04. The highest BCUT2D eigenvalue weighted by atomic mass is 32.2.